The average Bonchev–Trinajstić information content (AvgIpc) is 2.87. The van der Waals surface area contributed by atoms with Crippen LogP contribution in [-0.4, -0.2) is 39.1 Å². The molecule has 0 aromatic carbocycles. The van der Waals surface area contributed by atoms with E-state index in [9.17, 15) is 9.00 Å². The van der Waals surface area contributed by atoms with Crippen molar-refractivity contribution in [2.75, 3.05) is 12.0 Å². The van der Waals surface area contributed by atoms with Crippen molar-refractivity contribution in [3.05, 3.63) is 22.4 Å². The minimum atomic E-state index is -0.898. The second-order valence-electron chi connectivity index (χ2n) is 4.64. The molecule has 2 rings (SSSR count). The first-order chi connectivity index (χ1) is 8.50. The van der Waals surface area contributed by atoms with Gasteiger partial charge in [-0.25, -0.2) is 0 Å². The van der Waals surface area contributed by atoms with E-state index < -0.39 is 10.8 Å². The van der Waals surface area contributed by atoms with Crippen LogP contribution in [0.4, 0.5) is 0 Å². The Bertz CT molecular complexity index is 447. The lowest BCUT2D eigenvalue weighted by Gasteiger charge is -2.29. The number of thiophene rings is 1. The van der Waals surface area contributed by atoms with Gasteiger partial charge in [-0.1, -0.05) is 6.07 Å². The van der Waals surface area contributed by atoms with E-state index in [4.69, 9.17) is 0 Å². The van der Waals surface area contributed by atoms with Crippen LogP contribution in [0.1, 0.15) is 24.9 Å². The molecule has 1 fully saturated rings. The number of nitrogens with one attached hydrogen (secondary N) is 1. The van der Waals surface area contributed by atoms with Crippen LogP contribution in [0.5, 0.6) is 0 Å². The van der Waals surface area contributed by atoms with Crippen LogP contribution in [0.2, 0.25) is 0 Å². The van der Waals surface area contributed by atoms with Crippen molar-refractivity contribution in [3.8, 4) is 0 Å². The molecular weight excluding hydrogens is 268 g/mol. The van der Waals surface area contributed by atoms with Crippen LogP contribution in [0.15, 0.2) is 17.5 Å². The quantitative estimate of drug-likeness (QED) is 0.908. The molecule has 1 aromatic rings. The molecule has 1 aliphatic heterocycles. The fourth-order valence-corrected chi connectivity index (χ4v) is 3.92. The number of hydrogen-bond donors (Lipinski definition) is 1. The molecule has 1 N–H and O–H groups in total. The van der Waals surface area contributed by atoms with Gasteiger partial charge in [0.25, 0.3) is 0 Å². The van der Waals surface area contributed by atoms with E-state index >= 15 is 0 Å². The normalized spacial score (nSPS) is 27.5. The molecule has 0 spiro atoms. The Morgan fingerprint density at radius 2 is 2.33 bits per heavy atom. The largest absolute Gasteiger partial charge is 0.317 e. The monoisotopic (exact) mass is 286 g/mol. The smallest absolute Gasteiger partial charge is 0.241 e. The fraction of sp³-hybridized carbons (Fsp3) is 0.583. The van der Waals surface area contributed by atoms with Crippen LogP contribution >= 0.6 is 11.3 Å². The third-order valence-corrected chi connectivity index (χ3v) is 4.95. The van der Waals surface area contributed by atoms with Gasteiger partial charge < -0.3 is 4.90 Å². The summed E-state index contributed by atoms with van der Waals surface area (Å²) in [5.41, 5.74) is 0. The fourth-order valence-electron chi connectivity index (χ4n) is 2.30. The van der Waals surface area contributed by atoms with Crippen molar-refractivity contribution >= 4 is 28.0 Å². The lowest BCUT2D eigenvalue weighted by Crippen LogP contribution is -2.40. The Kier molecular flexibility index (Phi) is 4.19. The Hall–Kier alpha value is -0.720. The summed E-state index contributed by atoms with van der Waals surface area (Å²) >= 11 is 1.63. The third kappa shape index (κ3) is 2.65. The maximum absolute atomic E-state index is 12.2. The lowest BCUT2D eigenvalue weighted by atomic mass is 10.2. The summed E-state index contributed by atoms with van der Waals surface area (Å²) in [6, 6.07) is 3.81. The van der Waals surface area contributed by atoms with Crippen molar-refractivity contribution < 1.29 is 9.00 Å². The maximum atomic E-state index is 12.2. The molecule has 18 heavy (non-hydrogen) atoms. The minimum absolute atomic E-state index is 0.0205. The molecule has 4 atom stereocenters. The van der Waals surface area contributed by atoms with Gasteiger partial charge in [-0.2, -0.15) is 0 Å². The highest BCUT2D eigenvalue weighted by atomic mass is 32.2. The topological polar surface area (TPSA) is 49.4 Å². The highest BCUT2D eigenvalue weighted by Crippen LogP contribution is 2.30. The van der Waals surface area contributed by atoms with Crippen molar-refractivity contribution in [3.63, 3.8) is 0 Å². The molecule has 100 valence electrons. The van der Waals surface area contributed by atoms with Gasteiger partial charge in [0, 0.05) is 33.7 Å². The number of hydrogen-bond acceptors (Lipinski definition) is 4. The van der Waals surface area contributed by atoms with E-state index in [1.54, 1.807) is 17.6 Å². The third-order valence-electron chi connectivity index (χ3n) is 3.07. The molecule has 6 heteroatoms. The van der Waals surface area contributed by atoms with Crippen molar-refractivity contribution in [2.24, 2.45) is 0 Å². The standard InChI is InChI=1S/C12H18N2O2S2/c1-8(7-18(3)16)14-11(10-5-4-6-17-10)13-9(2)12(14)15/h4-6,8-9,11,13H,7H2,1-3H3. The lowest BCUT2D eigenvalue weighted by molar-refractivity contribution is -0.131. The van der Waals surface area contributed by atoms with E-state index in [1.807, 2.05) is 36.3 Å². The van der Waals surface area contributed by atoms with Gasteiger partial charge >= 0.3 is 0 Å². The first kappa shape index (κ1) is 13.7. The van der Waals surface area contributed by atoms with Gasteiger partial charge in [-0.15, -0.1) is 11.3 Å². The minimum Gasteiger partial charge on any atom is -0.317 e. The zero-order valence-corrected chi connectivity index (χ0v) is 12.4. The summed E-state index contributed by atoms with van der Waals surface area (Å²) in [6.07, 6.45) is 1.60. The van der Waals surface area contributed by atoms with Gasteiger partial charge in [0.05, 0.1) is 6.04 Å². The van der Waals surface area contributed by atoms with Gasteiger partial charge in [0.1, 0.15) is 6.17 Å². The Morgan fingerprint density at radius 3 is 2.89 bits per heavy atom. The number of carbonyl (C=O) groups excluding carboxylic acids is 1. The second-order valence-corrected chi connectivity index (χ2v) is 7.10. The summed E-state index contributed by atoms with van der Waals surface area (Å²) in [6.45, 7) is 3.83. The number of nitrogens with zero attached hydrogens (tertiary/aromatic N) is 1. The zero-order valence-electron chi connectivity index (χ0n) is 10.8. The Morgan fingerprint density at radius 1 is 1.61 bits per heavy atom. The molecular formula is C12H18N2O2S2. The van der Waals surface area contributed by atoms with Crippen LogP contribution in [0.3, 0.4) is 0 Å². The predicted molar refractivity (Wildman–Crippen MR) is 74.9 cm³/mol. The molecule has 2 heterocycles. The van der Waals surface area contributed by atoms with E-state index in [-0.39, 0.29) is 24.2 Å². The van der Waals surface area contributed by atoms with E-state index in [0.29, 0.717) is 5.75 Å². The molecule has 0 saturated carbocycles. The predicted octanol–water partition coefficient (Wildman–Crippen LogP) is 1.33. The van der Waals surface area contributed by atoms with Crippen LogP contribution in [0.25, 0.3) is 0 Å². The Balaban J connectivity index is 2.23. The van der Waals surface area contributed by atoms with Gasteiger partial charge in [-0.05, 0) is 25.3 Å². The number of rotatable bonds is 4. The van der Waals surface area contributed by atoms with Crippen LogP contribution in [-0.2, 0) is 15.6 Å². The second kappa shape index (κ2) is 5.50. The van der Waals surface area contributed by atoms with Crippen LogP contribution < -0.4 is 5.32 Å². The number of amides is 1. The summed E-state index contributed by atoms with van der Waals surface area (Å²) in [5, 5.41) is 5.30. The van der Waals surface area contributed by atoms with Crippen molar-refractivity contribution in [1.29, 1.82) is 0 Å². The van der Waals surface area contributed by atoms with Gasteiger partial charge in [0.15, 0.2) is 0 Å². The van der Waals surface area contributed by atoms with Gasteiger partial charge in [-0.3, -0.25) is 14.3 Å². The summed E-state index contributed by atoms with van der Waals surface area (Å²) in [7, 11) is -0.898. The molecule has 1 aromatic heterocycles. The SMILES string of the molecule is CC1NC(c2cccs2)N(C(C)CS(C)=O)C1=O. The maximum Gasteiger partial charge on any atom is 0.241 e. The first-order valence-electron chi connectivity index (χ1n) is 5.92. The molecule has 0 bridgehead atoms. The zero-order chi connectivity index (χ0) is 13.3. The average molecular weight is 286 g/mol. The highest BCUT2D eigenvalue weighted by Gasteiger charge is 2.40. The summed E-state index contributed by atoms with van der Waals surface area (Å²) in [5.74, 6) is 0.605. The van der Waals surface area contributed by atoms with Crippen LogP contribution in [0, 0.1) is 0 Å². The van der Waals surface area contributed by atoms with Crippen molar-refractivity contribution in [1.82, 2.24) is 10.2 Å². The van der Waals surface area contributed by atoms with E-state index in [1.165, 1.54) is 0 Å². The molecule has 4 unspecified atom stereocenters. The van der Waals surface area contributed by atoms with E-state index in [0.717, 1.165) is 4.88 Å². The first-order valence-corrected chi connectivity index (χ1v) is 8.53. The molecule has 4 nitrogen and oxygen atoms in total. The highest BCUT2D eigenvalue weighted by molar-refractivity contribution is 7.84. The number of carbonyl (C=O) groups is 1. The molecule has 1 saturated heterocycles. The van der Waals surface area contributed by atoms with E-state index in [2.05, 4.69) is 5.32 Å². The molecule has 1 amide bonds. The Labute approximate surface area is 114 Å². The summed E-state index contributed by atoms with van der Waals surface area (Å²) < 4.78 is 11.3. The molecule has 1 aliphatic rings. The summed E-state index contributed by atoms with van der Waals surface area (Å²) in [4.78, 5) is 15.2. The van der Waals surface area contributed by atoms with Crippen molar-refractivity contribution in [2.45, 2.75) is 32.1 Å². The molecule has 0 radical (unpaired) electrons. The van der Waals surface area contributed by atoms with Gasteiger partial charge in [0.2, 0.25) is 5.91 Å². The molecule has 0 aliphatic carbocycles.